The molecule has 2 rings (SSSR count). The van der Waals surface area contributed by atoms with Gasteiger partial charge in [0.2, 0.25) is 0 Å². The molecule has 1 unspecified atom stereocenters. The molecule has 0 bridgehead atoms. The van der Waals surface area contributed by atoms with E-state index in [1.165, 1.54) is 0 Å². The van der Waals surface area contributed by atoms with Crippen molar-refractivity contribution >= 4 is 27.5 Å². The molecule has 0 saturated carbocycles. The van der Waals surface area contributed by atoms with Crippen molar-refractivity contribution in [2.45, 2.75) is 32.7 Å². The minimum atomic E-state index is -0.0459. The molecule has 0 fully saturated rings. The molecule has 0 saturated heterocycles. The molecule has 0 aliphatic carbocycles. The number of ether oxygens (including phenoxy) is 1. The zero-order valence-corrected chi connectivity index (χ0v) is 14.7. The lowest BCUT2D eigenvalue weighted by atomic mass is 10.0. The Labute approximate surface area is 139 Å². The Bertz CT molecular complexity index is 641. The van der Waals surface area contributed by atoms with E-state index in [0.29, 0.717) is 16.7 Å². The first-order valence-electron chi connectivity index (χ1n) is 6.91. The Morgan fingerprint density at radius 2 is 1.71 bits per heavy atom. The van der Waals surface area contributed by atoms with E-state index in [1.54, 1.807) is 0 Å². The summed E-state index contributed by atoms with van der Waals surface area (Å²) in [5.74, 6) is 1.83. The molecule has 0 aromatic heterocycles. The van der Waals surface area contributed by atoms with E-state index < -0.39 is 0 Å². The molecule has 2 nitrogen and oxygen atoms in total. The Balaban J connectivity index is 2.34. The van der Waals surface area contributed by atoms with Gasteiger partial charge in [-0.05, 0) is 54.3 Å². The topological polar surface area (TPSA) is 35.2 Å². The summed E-state index contributed by atoms with van der Waals surface area (Å²) >= 11 is 9.79. The molecular weight excluding hydrogens is 350 g/mol. The Hall–Kier alpha value is -1.03. The summed E-state index contributed by atoms with van der Waals surface area (Å²) in [6.45, 7) is 6.20. The van der Waals surface area contributed by atoms with Crippen LogP contribution in [0.4, 0.5) is 0 Å². The van der Waals surface area contributed by atoms with Gasteiger partial charge in [0.15, 0.2) is 0 Å². The summed E-state index contributed by atoms with van der Waals surface area (Å²) < 4.78 is 7.04. The van der Waals surface area contributed by atoms with Crippen LogP contribution in [0.1, 0.15) is 43.9 Å². The Morgan fingerprint density at radius 1 is 1.05 bits per heavy atom. The van der Waals surface area contributed by atoms with Crippen LogP contribution in [0.5, 0.6) is 11.5 Å². The number of hydrogen-bond donors (Lipinski definition) is 1. The summed E-state index contributed by atoms with van der Waals surface area (Å²) in [5, 5.41) is 0.572. The predicted octanol–water partition coefficient (Wildman–Crippen LogP) is 6.04. The van der Waals surface area contributed by atoms with Gasteiger partial charge in [-0.2, -0.15) is 0 Å². The van der Waals surface area contributed by atoms with Crippen molar-refractivity contribution in [3.8, 4) is 11.5 Å². The molecule has 2 N–H and O–H groups in total. The molecule has 0 aliphatic rings. The number of benzene rings is 2. The van der Waals surface area contributed by atoms with Crippen LogP contribution in [0.2, 0.25) is 5.02 Å². The smallest absolute Gasteiger partial charge is 0.146 e. The highest BCUT2D eigenvalue weighted by Crippen LogP contribution is 2.36. The van der Waals surface area contributed by atoms with E-state index in [-0.39, 0.29) is 6.04 Å². The quantitative estimate of drug-likeness (QED) is 0.714. The average molecular weight is 369 g/mol. The van der Waals surface area contributed by atoms with Gasteiger partial charge in [0.05, 0.1) is 5.02 Å². The molecule has 0 heterocycles. The zero-order chi connectivity index (χ0) is 15.6. The number of rotatable bonds is 4. The molecule has 4 heteroatoms. The third-order valence-electron chi connectivity index (χ3n) is 3.30. The van der Waals surface area contributed by atoms with Crippen molar-refractivity contribution < 1.29 is 4.74 Å². The highest BCUT2D eigenvalue weighted by molar-refractivity contribution is 9.10. The third kappa shape index (κ3) is 4.00. The highest BCUT2D eigenvalue weighted by Gasteiger charge is 2.12. The van der Waals surface area contributed by atoms with E-state index in [0.717, 1.165) is 21.3 Å². The van der Waals surface area contributed by atoms with Gasteiger partial charge >= 0.3 is 0 Å². The monoisotopic (exact) mass is 367 g/mol. The second-order valence-corrected chi connectivity index (χ2v) is 6.74. The van der Waals surface area contributed by atoms with Crippen molar-refractivity contribution in [2.75, 3.05) is 0 Å². The van der Waals surface area contributed by atoms with E-state index in [2.05, 4.69) is 35.8 Å². The zero-order valence-electron chi connectivity index (χ0n) is 12.4. The molecule has 1 atom stereocenters. The standard InChI is InChI=1S/C17H19BrClNO/c1-10(2)14-9-13(18)5-7-16(14)21-17-6-4-12(11(3)20)8-15(17)19/h4-11H,20H2,1-3H3. The van der Waals surface area contributed by atoms with Crippen molar-refractivity contribution in [2.24, 2.45) is 5.73 Å². The molecule has 2 aromatic carbocycles. The second-order valence-electron chi connectivity index (χ2n) is 5.42. The number of nitrogens with two attached hydrogens (primary N) is 1. The van der Waals surface area contributed by atoms with Crippen LogP contribution in [0, 0.1) is 0 Å². The maximum Gasteiger partial charge on any atom is 0.146 e. The largest absolute Gasteiger partial charge is 0.456 e. The third-order valence-corrected chi connectivity index (χ3v) is 4.08. The van der Waals surface area contributed by atoms with Gasteiger partial charge in [-0.25, -0.2) is 0 Å². The molecule has 2 aromatic rings. The first kappa shape index (κ1) is 16.3. The van der Waals surface area contributed by atoms with Gasteiger partial charge < -0.3 is 10.5 Å². The van der Waals surface area contributed by atoms with Crippen LogP contribution in [0.3, 0.4) is 0 Å². The molecule has 0 spiro atoms. The van der Waals surface area contributed by atoms with E-state index in [4.69, 9.17) is 22.1 Å². The van der Waals surface area contributed by atoms with Crippen molar-refractivity contribution in [1.29, 1.82) is 0 Å². The van der Waals surface area contributed by atoms with Crippen LogP contribution >= 0.6 is 27.5 Å². The minimum absolute atomic E-state index is 0.0459. The van der Waals surface area contributed by atoms with Crippen LogP contribution in [0.25, 0.3) is 0 Å². The second kappa shape index (κ2) is 6.82. The van der Waals surface area contributed by atoms with Crippen LogP contribution < -0.4 is 10.5 Å². The van der Waals surface area contributed by atoms with E-state index in [9.17, 15) is 0 Å². The van der Waals surface area contributed by atoms with Crippen LogP contribution in [0.15, 0.2) is 40.9 Å². The molecule has 112 valence electrons. The van der Waals surface area contributed by atoms with E-state index in [1.807, 2.05) is 37.3 Å². The number of halogens is 2. The van der Waals surface area contributed by atoms with Crippen molar-refractivity contribution in [3.05, 3.63) is 57.0 Å². The molecule has 21 heavy (non-hydrogen) atoms. The lowest BCUT2D eigenvalue weighted by molar-refractivity contribution is 0.473. The summed E-state index contributed by atoms with van der Waals surface area (Å²) in [5.41, 5.74) is 7.99. The van der Waals surface area contributed by atoms with Crippen LogP contribution in [-0.4, -0.2) is 0 Å². The SMILES string of the molecule is CC(C)c1cc(Br)ccc1Oc1ccc(C(C)N)cc1Cl. The minimum Gasteiger partial charge on any atom is -0.456 e. The van der Waals surface area contributed by atoms with Gasteiger partial charge in [-0.15, -0.1) is 0 Å². The normalized spacial score (nSPS) is 12.5. The fraction of sp³-hybridized carbons (Fsp3) is 0.294. The van der Waals surface area contributed by atoms with Gasteiger partial charge in [0, 0.05) is 10.5 Å². The Kier molecular flexibility index (Phi) is 5.31. The van der Waals surface area contributed by atoms with Gasteiger partial charge in [0.1, 0.15) is 11.5 Å². The van der Waals surface area contributed by atoms with E-state index >= 15 is 0 Å². The Morgan fingerprint density at radius 3 is 2.29 bits per heavy atom. The molecule has 0 radical (unpaired) electrons. The summed E-state index contributed by atoms with van der Waals surface area (Å²) in [4.78, 5) is 0. The van der Waals surface area contributed by atoms with Crippen LogP contribution in [-0.2, 0) is 0 Å². The van der Waals surface area contributed by atoms with Crippen molar-refractivity contribution in [3.63, 3.8) is 0 Å². The van der Waals surface area contributed by atoms with Gasteiger partial charge in [-0.3, -0.25) is 0 Å². The number of hydrogen-bond acceptors (Lipinski definition) is 2. The molecule has 0 amide bonds. The lowest BCUT2D eigenvalue weighted by Gasteiger charge is -2.16. The summed E-state index contributed by atoms with van der Waals surface area (Å²) in [7, 11) is 0. The maximum atomic E-state index is 6.30. The summed E-state index contributed by atoms with van der Waals surface area (Å²) in [6.07, 6.45) is 0. The lowest BCUT2D eigenvalue weighted by Crippen LogP contribution is -2.04. The first-order valence-corrected chi connectivity index (χ1v) is 8.08. The van der Waals surface area contributed by atoms with Gasteiger partial charge in [-0.1, -0.05) is 47.4 Å². The predicted molar refractivity (Wildman–Crippen MR) is 92.4 cm³/mol. The van der Waals surface area contributed by atoms with Gasteiger partial charge in [0.25, 0.3) is 0 Å². The first-order chi connectivity index (χ1) is 9.88. The summed E-state index contributed by atoms with van der Waals surface area (Å²) in [6, 6.07) is 11.6. The maximum absolute atomic E-state index is 6.30. The highest BCUT2D eigenvalue weighted by atomic mass is 79.9. The van der Waals surface area contributed by atoms with Crippen molar-refractivity contribution in [1.82, 2.24) is 0 Å². The fourth-order valence-corrected chi connectivity index (χ4v) is 2.67. The fourth-order valence-electron chi connectivity index (χ4n) is 2.06. The average Bonchev–Trinajstić information content (AvgIpc) is 2.42. The molecular formula is C17H19BrClNO. The molecule has 0 aliphatic heterocycles.